The van der Waals surface area contributed by atoms with Gasteiger partial charge in [-0.1, -0.05) is 36.4 Å². The number of hydrogen-bond donors (Lipinski definition) is 0. The molecule has 2 nitrogen and oxygen atoms in total. The fraction of sp³-hybridized carbons (Fsp3) is 0.188. The molecule has 0 fully saturated rings. The topological polar surface area (TPSA) is 26.3 Å². The van der Waals surface area contributed by atoms with E-state index in [9.17, 15) is 4.79 Å². The summed E-state index contributed by atoms with van der Waals surface area (Å²) in [5, 5.41) is 0. The van der Waals surface area contributed by atoms with Gasteiger partial charge in [-0.25, -0.2) is 0 Å². The molecule has 1 aliphatic rings. The molecular formula is C16H13IO2. The lowest BCUT2D eigenvalue weighted by Crippen LogP contribution is -2.19. The first-order valence-electron chi connectivity index (χ1n) is 6.22. The van der Waals surface area contributed by atoms with Crippen LogP contribution in [0.5, 0.6) is 0 Å². The van der Waals surface area contributed by atoms with Gasteiger partial charge in [0.15, 0.2) is 5.78 Å². The van der Waals surface area contributed by atoms with Gasteiger partial charge in [-0.15, -0.1) is 0 Å². The summed E-state index contributed by atoms with van der Waals surface area (Å²) in [5.74, 6) is 0.112. The lowest BCUT2D eigenvalue weighted by atomic mass is 10.1. The second kappa shape index (κ2) is 5.43. The number of carbonyl (C=O) groups excluding carboxylic acids is 1. The van der Waals surface area contributed by atoms with Gasteiger partial charge >= 0.3 is 0 Å². The molecule has 0 saturated heterocycles. The van der Waals surface area contributed by atoms with Crippen molar-refractivity contribution in [2.24, 2.45) is 0 Å². The average Bonchev–Trinajstić information content (AvgIpc) is 2.74. The van der Waals surface area contributed by atoms with Crippen molar-refractivity contribution >= 4 is 28.4 Å². The molecule has 19 heavy (non-hydrogen) atoms. The van der Waals surface area contributed by atoms with Gasteiger partial charge in [0.2, 0.25) is 0 Å². The fourth-order valence-corrected chi connectivity index (χ4v) is 2.97. The smallest absolute Gasteiger partial charge is 0.192 e. The van der Waals surface area contributed by atoms with Crippen LogP contribution >= 0.6 is 22.6 Å². The van der Waals surface area contributed by atoms with E-state index in [1.165, 1.54) is 3.57 Å². The Kier molecular flexibility index (Phi) is 3.66. The fourth-order valence-electron chi connectivity index (χ4n) is 2.36. The van der Waals surface area contributed by atoms with Crippen LogP contribution in [0.2, 0.25) is 0 Å². The molecule has 0 amide bonds. The Labute approximate surface area is 125 Å². The maximum Gasteiger partial charge on any atom is 0.192 e. The van der Waals surface area contributed by atoms with Gasteiger partial charge in [-0.05, 0) is 45.9 Å². The van der Waals surface area contributed by atoms with Gasteiger partial charge in [-0.2, -0.15) is 0 Å². The van der Waals surface area contributed by atoms with Crippen LogP contribution in [0.1, 0.15) is 21.5 Å². The van der Waals surface area contributed by atoms with Crippen LogP contribution in [0.25, 0.3) is 0 Å². The molecule has 0 radical (unpaired) electrons. The minimum Gasteiger partial charge on any atom is -0.365 e. The number of halogens is 1. The van der Waals surface area contributed by atoms with Crippen molar-refractivity contribution in [2.45, 2.75) is 19.1 Å². The molecule has 0 aromatic heterocycles. The monoisotopic (exact) mass is 364 g/mol. The molecule has 0 aliphatic heterocycles. The summed E-state index contributed by atoms with van der Waals surface area (Å²) in [6, 6.07) is 15.9. The highest BCUT2D eigenvalue weighted by Crippen LogP contribution is 2.24. The highest BCUT2D eigenvalue weighted by molar-refractivity contribution is 14.1. The van der Waals surface area contributed by atoms with Gasteiger partial charge in [0.1, 0.15) is 6.10 Å². The van der Waals surface area contributed by atoms with Crippen LogP contribution in [-0.4, -0.2) is 11.9 Å². The Bertz CT molecular complexity index is 622. The summed E-state index contributed by atoms with van der Waals surface area (Å²) in [7, 11) is 0. The third-order valence-corrected chi connectivity index (χ3v) is 3.99. The van der Waals surface area contributed by atoms with Crippen LogP contribution in [-0.2, 0) is 17.8 Å². The molecule has 2 aromatic rings. The summed E-state index contributed by atoms with van der Waals surface area (Å²) in [6.45, 7) is 0.487. The Balaban J connectivity index is 1.68. The van der Waals surface area contributed by atoms with E-state index in [1.807, 2.05) is 42.5 Å². The number of fused-ring (bicyclic) bond motifs is 1. The standard InChI is InChI=1S/C16H13IO2/c17-13-6-3-4-11(8-13)10-19-15-9-12-5-1-2-7-14(12)16(15)18/h1-8,15H,9-10H2. The second-order valence-corrected chi connectivity index (χ2v) is 5.90. The third-order valence-electron chi connectivity index (χ3n) is 3.32. The summed E-state index contributed by atoms with van der Waals surface area (Å²) in [5.41, 5.74) is 3.02. The molecule has 1 aliphatic carbocycles. The molecule has 1 atom stereocenters. The van der Waals surface area contributed by atoms with Gasteiger partial charge in [0, 0.05) is 15.6 Å². The van der Waals surface area contributed by atoms with Crippen molar-refractivity contribution in [1.82, 2.24) is 0 Å². The molecule has 3 heteroatoms. The zero-order valence-corrected chi connectivity index (χ0v) is 12.5. The van der Waals surface area contributed by atoms with Crippen molar-refractivity contribution in [1.29, 1.82) is 0 Å². The predicted molar refractivity (Wildman–Crippen MR) is 82.2 cm³/mol. The normalized spacial score (nSPS) is 17.5. The van der Waals surface area contributed by atoms with Crippen LogP contribution < -0.4 is 0 Å². The van der Waals surface area contributed by atoms with E-state index in [2.05, 4.69) is 28.7 Å². The quantitative estimate of drug-likeness (QED) is 0.778. The molecule has 0 saturated carbocycles. The van der Waals surface area contributed by atoms with Crippen molar-refractivity contribution < 1.29 is 9.53 Å². The van der Waals surface area contributed by atoms with E-state index in [0.717, 1.165) is 16.7 Å². The molecule has 0 N–H and O–H groups in total. The number of carbonyl (C=O) groups is 1. The highest BCUT2D eigenvalue weighted by atomic mass is 127. The molecule has 96 valence electrons. The van der Waals surface area contributed by atoms with E-state index in [1.54, 1.807) is 0 Å². The first-order chi connectivity index (χ1) is 9.24. The molecule has 2 aromatic carbocycles. The van der Waals surface area contributed by atoms with E-state index in [4.69, 9.17) is 4.74 Å². The minimum absolute atomic E-state index is 0.112. The van der Waals surface area contributed by atoms with E-state index in [0.29, 0.717) is 13.0 Å². The number of hydrogen-bond acceptors (Lipinski definition) is 2. The number of ether oxygens (including phenoxy) is 1. The number of Topliss-reactive ketones (excluding diaryl/α,β-unsaturated/α-hetero) is 1. The first-order valence-corrected chi connectivity index (χ1v) is 7.30. The van der Waals surface area contributed by atoms with Crippen molar-refractivity contribution in [2.75, 3.05) is 0 Å². The van der Waals surface area contributed by atoms with Crippen molar-refractivity contribution in [3.05, 3.63) is 68.8 Å². The third kappa shape index (κ3) is 2.72. The SMILES string of the molecule is O=C1c2ccccc2CC1OCc1cccc(I)c1. The summed E-state index contributed by atoms with van der Waals surface area (Å²) in [4.78, 5) is 12.2. The lowest BCUT2D eigenvalue weighted by molar-refractivity contribution is 0.0385. The zero-order valence-electron chi connectivity index (χ0n) is 10.3. The molecule has 1 unspecified atom stereocenters. The lowest BCUT2D eigenvalue weighted by Gasteiger charge is -2.10. The van der Waals surface area contributed by atoms with Gasteiger partial charge in [-0.3, -0.25) is 4.79 Å². The van der Waals surface area contributed by atoms with Crippen molar-refractivity contribution in [3.8, 4) is 0 Å². The number of ketones is 1. The Morgan fingerprint density at radius 1 is 1.16 bits per heavy atom. The van der Waals surface area contributed by atoms with Crippen LogP contribution in [0.15, 0.2) is 48.5 Å². The molecular weight excluding hydrogens is 351 g/mol. The molecule has 0 heterocycles. The molecule has 3 rings (SSSR count). The summed E-state index contributed by atoms with van der Waals surface area (Å²) >= 11 is 2.28. The van der Waals surface area contributed by atoms with E-state index >= 15 is 0 Å². The first kappa shape index (κ1) is 12.8. The van der Waals surface area contributed by atoms with Crippen LogP contribution in [0.3, 0.4) is 0 Å². The number of benzene rings is 2. The number of rotatable bonds is 3. The van der Waals surface area contributed by atoms with Gasteiger partial charge < -0.3 is 4.74 Å². The van der Waals surface area contributed by atoms with E-state index < -0.39 is 0 Å². The maximum atomic E-state index is 12.2. The van der Waals surface area contributed by atoms with Crippen LogP contribution in [0, 0.1) is 3.57 Å². The Morgan fingerprint density at radius 2 is 2.00 bits per heavy atom. The van der Waals surface area contributed by atoms with Crippen molar-refractivity contribution in [3.63, 3.8) is 0 Å². The largest absolute Gasteiger partial charge is 0.365 e. The summed E-state index contributed by atoms with van der Waals surface area (Å²) in [6.07, 6.45) is 0.370. The summed E-state index contributed by atoms with van der Waals surface area (Å²) < 4.78 is 6.97. The molecule has 0 bridgehead atoms. The highest BCUT2D eigenvalue weighted by Gasteiger charge is 2.30. The van der Waals surface area contributed by atoms with Crippen LogP contribution in [0.4, 0.5) is 0 Å². The zero-order chi connectivity index (χ0) is 13.2. The minimum atomic E-state index is -0.324. The Hall–Kier alpha value is -1.20. The average molecular weight is 364 g/mol. The maximum absolute atomic E-state index is 12.2. The second-order valence-electron chi connectivity index (χ2n) is 4.66. The van der Waals surface area contributed by atoms with Gasteiger partial charge in [0.25, 0.3) is 0 Å². The van der Waals surface area contributed by atoms with Gasteiger partial charge in [0.05, 0.1) is 6.61 Å². The Morgan fingerprint density at radius 3 is 2.79 bits per heavy atom. The molecule has 0 spiro atoms. The predicted octanol–water partition coefficient (Wildman–Crippen LogP) is 3.62. The van der Waals surface area contributed by atoms with E-state index in [-0.39, 0.29) is 11.9 Å².